The van der Waals surface area contributed by atoms with Crippen LogP contribution >= 0.6 is 0 Å². The van der Waals surface area contributed by atoms with Crippen molar-refractivity contribution in [3.05, 3.63) is 0 Å². The Morgan fingerprint density at radius 3 is 2.71 bits per heavy atom. The van der Waals surface area contributed by atoms with E-state index in [2.05, 4.69) is 11.1 Å². The summed E-state index contributed by atoms with van der Waals surface area (Å²) in [5.41, 5.74) is 3.49. The topological polar surface area (TPSA) is 117 Å². The van der Waals surface area contributed by atoms with E-state index in [1.807, 2.05) is 0 Å². The van der Waals surface area contributed by atoms with Crippen LogP contribution in [0.4, 0.5) is 0 Å². The molecule has 7 heteroatoms. The molecule has 2 amide bonds. The van der Waals surface area contributed by atoms with Gasteiger partial charge in [0.25, 0.3) is 5.91 Å². The zero-order chi connectivity index (χ0) is 13.0. The van der Waals surface area contributed by atoms with Gasteiger partial charge in [-0.15, -0.1) is 0 Å². The SMILES string of the molecule is C[C@@H](NC(=O)[C@@H]1CCCN1C(=O)C[NH3+])C(=O)[O-]. The first kappa shape index (κ1) is 13.4. The second-order valence-electron chi connectivity index (χ2n) is 4.04. The average molecular weight is 243 g/mol. The largest absolute Gasteiger partial charge is 0.548 e. The summed E-state index contributed by atoms with van der Waals surface area (Å²) >= 11 is 0. The number of hydrogen-bond acceptors (Lipinski definition) is 4. The number of carbonyl (C=O) groups is 3. The Morgan fingerprint density at radius 2 is 2.18 bits per heavy atom. The van der Waals surface area contributed by atoms with E-state index in [4.69, 9.17) is 0 Å². The van der Waals surface area contributed by atoms with Crippen molar-refractivity contribution in [2.24, 2.45) is 0 Å². The number of amides is 2. The highest BCUT2D eigenvalue weighted by Crippen LogP contribution is 2.17. The summed E-state index contributed by atoms with van der Waals surface area (Å²) in [4.78, 5) is 35.2. The van der Waals surface area contributed by atoms with Gasteiger partial charge in [0.1, 0.15) is 6.04 Å². The van der Waals surface area contributed by atoms with Crippen LogP contribution in [0, 0.1) is 0 Å². The highest BCUT2D eigenvalue weighted by atomic mass is 16.4. The van der Waals surface area contributed by atoms with Crippen molar-refractivity contribution >= 4 is 17.8 Å². The fourth-order valence-electron chi connectivity index (χ4n) is 1.85. The molecule has 0 aliphatic carbocycles. The summed E-state index contributed by atoms with van der Waals surface area (Å²) in [6.45, 7) is 1.95. The van der Waals surface area contributed by atoms with Gasteiger partial charge in [0, 0.05) is 6.54 Å². The van der Waals surface area contributed by atoms with E-state index in [9.17, 15) is 19.5 Å². The van der Waals surface area contributed by atoms with Gasteiger partial charge < -0.3 is 25.9 Å². The third kappa shape index (κ3) is 3.16. The minimum Gasteiger partial charge on any atom is -0.548 e. The predicted octanol–water partition coefficient (Wildman–Crippen LogP) is -3.53. The van der Waals surface area contributed by atoms with Gasteiger partial charge in [-0.2, -0.15) is 0 Å². The zero-order valence-electron chi connectivity index (χ0n) is 9.77. The lowest BCUT2D eigenvalue weighted by molar-refractivity contribution is -0.357. The molecule has 1 fully saturated rings. The second-order valence-corrected chi connectivity index (χ2v) is 4.04. The van der Waals surface area contributed by atoms with E-state index in [1.54, 1.807) is 0 Å². The molecule has 0 radical (unpaired) electrons. The van der Waals surface area contributed by atoms with Crippen molar-refractivity contribution in [2.75, 3.05) is 13.1 Å². The van der Waals surface area contributed by atoms with E-state index in [0.29, 0.717) is 13.0 Å². The molecule has 1 saturated heterocycles. The molecule has 17 heavy (non-hydrogen) atoms. The number of nitrogens with zero attached hydrogens (tertiary/aromatic N) is 1. The van der Waals surface area contributed by atoms with Crippen LogP contribution in [0.15, 0.2) is 0 Å². The lowest BCUT2D eigenvalue weighted by Crippen LogP contribution is -2.60. The van der Waals surface area contributed by atoms with Gasteiger partial charge in [-0.3, -0.25) is 9.59 Å². The van der Waals surface area contributed by atoms with E-state index in [0.717, 1.165) is 6.42 Å². The molecule has 4 N–H and O–H groups in total. The molecule has 0 spiro atoms. The smallest absolute Gasteiger partial charge is 0.278 e. The Labute approximate surface area is 98.9 Å². The van der Waals surface area contributed by atoms with Crippen LogP contribution in [0.5, 0.6) is 0 Å². The number of aliphatic carboxylic acids is 1. The molecule has 96 valence electrons. The van der Waals surface area contributed by atoms with Crippen molar-refractivity contribution in [2.45, 2.75) is 31.8 Å². The predicted molar refractivity (Wildman–Crippen MR) is 55.1 cm³/mol. The fraction of sp³-hybridized carbons (Fsp3) is 0.700. The van der Waals surface area contributed by atoms with Gasteiger partial charge in [0.05, 0.1) is 12.0 Å². The Hall–Kier alpha value is -1.63. The highest BCUT2D eigenvalue weighted by Gasteiger charge is 2.34. The molecule has 1 aliphatic rings. The molecule has 0 aromatic carbocycles. The third-order valence-electron chi connectivity index (χ3n) is 2.80. The van der Waals surface area contributed by atoms with Crippen molar-refractivity contribution in [3.8, 4) is 0 Å². The molecular formula is C10H17N3O4. The zero-order valence-corrected chi connectivity index (χ0v) is 9.77. The minimum absolute atomic E-state index is 0.0970. The molecule has 2 atom stereocenters. The molecule has 1 aliphatic heterocycles. The monoisotopic (exact) mass is 243 g/mol. The number of rotatable bonds is 4. The van der Waals surface area contributed by atoms with Crippen LogP contribution in [0.1, 0.15) is 19.8 Å². The first-order valence-corrected chi connectivity index (χ1v) is 5.57. The van der Waals surface area contributed by atoms with Crippen molar-refractivity contribution in [1.82, 2.24) is 10.2 Å². The number of hydrogen-bond donors (Lipinski definition) is 2. The average Bonchev–Trinajstić information content (AvgIpc) is 2.76. The van der Waals surface area contributed by atoms with E-state index in [-0.39, 0.29) is 12.5 Å². The third-order valence-corrected chi connectivity index (χ3v) is 2.80. The van der Waals surface area contributed by atoms with Crippen LogP contribution in [0.3, 0.4) is 0 Å². The summed E-state index contributed by atoms with van der Waals surface area (Å²) in [5.74, 6) is -1.98. The van der Waals surface area contributed by atoms with Crippen LogP contribution in [-0.4, -0.2) is 47.9 Å². The van der Waals surface area contributed by atoms with Crippen LogP contribution in [0.2, 0.25) is 0 Å². The van der Waals surface area contributed by atoms with Gasteiger partial charge in [-0.25, -0.2) is 0 Å². The lowest BCUT2D eigenvalue weighted by atomic mass is 10.2. The number of carboxylic acids is 1. The molecule has 1 heterocycles. The quantitative estimate of drug-likeness (QED) is 0.532. The van der Waals surface area contributed by atoms with Gasteiger partial charge >= 0.3 is 0 Å². The van der Waals surface area contributed by atoms with Gasteiger partial charge in [-0.05, 0) is 19.8 Å². The Kier molecular flexibility index (Phi) is 4.45. The van der Waals surface area contributed by atoms with Crippen LogP contribution < -0.4 is 16.2 Å². The maximum Gasteiger partial charge on any atom is 0.278 e. The maximum absolute atomic E-state index is 11.8. The molecule has 7 nitrogen and oxygen atoms in total. The van der Waals surface area contributed by atoms with E-state index in [1.165, 1.54) is 11.8 Å². The highest BCUT2D eigenvalue weighted by molar-refractivity contribution is 5.90. The Morgan fingerprint density at radius 1 is 1.53 bits per heavy atom. The lowest BCUT2D eigenvalue weighted by Gasteiger charge is -2.24. The second kappa shape index (κ2) is 5.62. The molecule has 1 rings (SSSR count). The summed E-state index contributed by atoms with van der Waals surface area (Å²) in [6, 6.07) is -1.63. The van der Waals surface area contributed by atoms with Crippen molar-refractivity contribution < 1.29 is 25.2 Å². The summed E-state index contributed by atoms with van der Waals surface area (Å²) < 4.78 is 0. The molecule has 0 saturated carbocycles. The number of carboxylic acid groups (broad SMARTS) is 1. The number of nitrogens with one attached hydrogen (secondary N) is 1. The summed E-state index contributed by atoms with van der Waals surface area (Å²) in [5, 5.41) is 12.8. The first-order valence-electron chi connectivity index (χ1n) is 5.57. The fourth-order valence-corrected chi connectivity index (χ4v) is 1.85. The van der Waals surface area contributed by atoms with Gasteiger partial charge in [-0.1, -0.05) is 0 Å². The van der Waals surface area contributed by atoms with Gasteiger partial charge in [0.15, 0.2) is 6.54 Å². The number of carbonyl (C=O) groups excluding carboxylic acids is 3. The minimum atomic E-state index is -1.34. The van der Waals surface area contributed by atoms with Gasteiger partial charge in [0.2, 0.25) is 5.91 Å². The summed E-state index contributed by atoms with van der Waals surface area (Å²) in [6.07, 6.45) is 1.29. The molecule has 0 aromatic heterocycles. The number of likely N-dealkylation sites (tertiary alicyclic amines) is 1. The maximum atomic E-state index is 11.8. The van der Waals surface area contributed by atoms with E-state index >= 15 is 0 Å². The molecule has 0 unspecified atom stereocenters. The Bertz CT molecular complexity index is 332. The van der Waals surface area contributed by atoms with Crippen LogP contribution in [-0.2, 0) is 14.4 Å². The van der Waals surface area contributed by atoms with Crippen molar-refractivity contribution in [1.29, 1.82) is 0 Å². The van der Waals surface area contributed by atoms with Crippen LogP contribution in [0.25, 0.3) is 0 Å². The van der Waals surface area contributed by atoms with E-state index < -0.39 is 24.0 Å². The first-order chi connectivity index (χ1) is 7.97. The standard InChI is InChI=1S/C10H17N3O4/c1-6(10(16)17)12-9(15)7-3-2-4-13(7)8(14)5-11/h6-7H,2-5,11H2,1H3,(H,12,15)(H,16,17)/t6-,7+/m1/s1. The van der Waals surface area contributed by atoms with Crippen molar-refractivity contribution in [3.63, 3.8) is 0 Å². The number of quaternary nitrogens is 1. The summed E-state index contributed by atoms with van der Waals surface area (Å²) in [7, 11) is 0. The molecule has 0 aromatic rings. The molecule has 0 bridgehead atoms. The molecular weight excluding hydrogens is 226 g/mol. The Balaban J connectivity index is 2.62. The normalized spacial score (nSPS) is 21.1.